The molecule has 0 radical (unpaired) electrons. The van der Waals surface area contributed by atoms with Gasteiger partial charge in [0.1, 0.15) is 5.75 Å². The fraction of sp³-hybridized carbons (Fsp3) is 0.364. The van der Waals surface area contributed by atoms with Crippen molar-refractivity contribution in [3.05, 3.63) is 22.7 Å². The molecule has 0 fully saturated rings. The summed E-state index contributed by atoms with van der Waals surface area (Å²) in [6.45, 7) is 1.97. The average molecular weight is 286 g/mol. The lowest BCUT2D eigenvalue weighted by molar-refractivity contribution is -0.121. The Labute approximate surface area is 102 Å². The molecule has 5 heteroatoms. The fourth-order valence-electron chi connectivity index (χ4n) is 1.64. The molecular weight excluding hydrogens is 274 g/mol. The summed E-state index contributed by atoms with van der Waals surface area (Å²) >= 11 is 3.35. The monoisotopic (exact) mass is 285 g/mol. The first-order valence-electron chi connectivity index (χ1n) is 4.98. The number of benzene rings is 1. The third-order valence-corrected chi connectivity index (χ3v) is 2.80. The second-order valence-corrected chi connectivity index (χ2v) is 4.67. The first kappa shape index (κ1) is 11.4. The number of anilines is 1. The van der Waals surface area contributed by atoms with Gasteiger partial charge in [-0.1, -0.05) is 15.9 Å². The molecule has 86 valence electrons. The summed E-state index contributed by atoms with van der Waals surface area (Å²) in [5.41, 5.74) is 0.700. The number of carbonyl (C=O) groups excluding carboxylic acids is 1. The van der Waals surface area contributed by atoms with E-state index in [0.29, 0.717) is 11.4 Å². The second-order valence-electron chi connectivity index (χ2n) is 3.75. The minimum atomic E-state index is -0.561. The van der Waals surface area contributed by atoms with Crippen LogP contribution in [-0.4, -0.2) is 30.3 Å². The predicted octanol–water partition coefficient (Wildman–Crippen LogP) is 1.56. The summed E-state index contributed by atoms with van der Waals surface area (Å²) in [6.07, 6.45) is -0.561. The normalized spacial score (nSPS) is 16.7. The zero-order chi connectivity index (χ0) is 11.7. The fourth-order valence-corrected chi connectivity index (χ4v) is 1.99. The highest BCUT2D eigenvalue weighted by Crippen LogP contribution is 2.34. The van der Waals surface area contributed by atoms with E-state index in [0.717, 1.165) is 4.47 Å². The molecule has 4 nitrogen and oxygen atoms in total. The maximum absolute atomic E-state index is 11.7. The van der Waals surface area contributed by atoms with E-state index in [1.54, 1.807) is 17.9 Å². The summed E-state index contributed by atoms with van der Waals surface area (Å²) in [4.78, 5) is 13.2. The van der Waals surface area contributed by atoms with E-state index >= 15 is 0 Å². The second kappa shape index (κ2) is 4.43. The van der Waals surface area contributed by atoms with Gasteiger partial charge in [-0.3, -0.25) is 4.79 Å². The van der Waals surface area contributed by atoms with Crippen molar-refractivity contribution in [2.24, 2.45) is 0 Å². The maximum atomic E-state index is 11.7. The lowest BCUT2D eigenvalue weighted by Crippen LogP contribution is -2.42. The van der Waals surface area contributed by atoms with Gasteiger partial charge in [0.2, 0.25) is 0 Å². The molecule has 0 aliphatic carbocycles. The van der Waals surface area contributed by atoms with Gasteiger partial charge >= 0.3 is 0 Å². The molecule has 0 saturated heterocycles. The van der Waals surface area contributed by atoms with Gasteiger partial charge in [-0.2, -0.15) is 0 Å². The lowest BCUT2D eigenvalue weighted by atomic mass is 10.2. The van der Waals surface area contributed by atoms with Gasteiger partial charge in [0, 0.05) is 4.47 Å². The Morgan fingerprint density at radius 3 is 3.06 bits per heavy atom. The number of β-amino-alcohol motifs (C(OH)–C–C–N with tert-alkyl or cyclic N) is 1. The molecule has 0 aromatic heterocycles. The van der Waals surface area contributed by atoms with E-state index in [2.05, 4.69) is 15.9 Å². The largest absolute Gasteiger partial charge is 0.482 e. The van der Waals surface area contributed by atoms with Crippen molar-refractivity contribution in [3.63, 3.8) is 0 Å². The molecule has 1 unspecified atom stereocenters. The summed E-state index contributed by atoms with van der Waals surface area (Å²) in [7, 11) is 0. The average Bonchev–Trinajstić information content (AvgIpc) is 2.22. The molecule has 1 atom stereocenters. The van der Waals surface area contributed by atoms with Crippen LogP contribution in [0.15, 0.2) is 22.7 Å². The zero-order valence-corrected chi connectivity index (χ0v) is 10.4. The van der Waals surface area contributed by atoms with Crippen LogP contribution in [0, 0.1) is 0 Å². The number of ether oxygens (including phenoxy) is 1. The van der Waals surface area contributed by atoms with Gasteiger partial charge in [0.25, 0.3) is 5.91 Å². The van der Waals surface area contributed by atoms with Crippen LogP contribution in [0.25, 0.3) is 0 Å². The Kier molecular flexibility index (Phi) is 3.16. The molecule has 1 aromatic carbocycles. The highest BCUT2D eigenvalue weighted by atomic mass is 79.9. The van der Waals surface area contributed by atoms with Crippen LogP contribution in [0.4, 0.5) is 5.69 Å². The number of carbonyl (C=O) groups is 1. The molecule has 0 bridgehead atoms. The molecule has 1 aliphatic heterocycles. The molecule has 1 aromatic rings. The standard InChI is InChI=1S/C11H12BrNO3/c1-7(14)5-13-9-4-8(12)2-3-10(9)16-6-11(13)15/h2-4,7,14H,5-6H2,1H3. The third kappa shape index (κ3) is 2.20. The summed E-state index contributed by atoms with van der Waals surface area (Å²) in [6, 6.07) is 5.48. The van der Waals surface area contributed by atoms with Crippen molar-refractivity contribution < 1.29 is 14.6 Å². The molecule has 16 heavy (non-hydrogen) atoms. The molecule has 1 amide bonds. The highest BCUT2D eigenvalue weighted by Gasteiger charge is 2.26. The lowest BCUT2D eigenvalue weighted by Gasteiger charge is -2.30. The van der Waals surface area contributed by atoms with Gasteiger partial charge in [0.05, 0.1) is 18.3 Å². The van der Waals surface area contributed by atoms with Crippen molar-refractivity contribution >= 4 is 27.5 Å². The predicted molar refractivity (Wildman–Crippen MR) is 63.7 cm³/mol. The Morgan fingerprint density at radius 1 is 1.62 bits per heavy atom. The number of nitrogens with zero attached hydrogens (tertiary/aromatic N) is 1. The van der Waals surface area contributed by atoms with Crippen molar-refractivity contribution in [2.45, 2.75) is 13.0 Å². The minimum Gasteiger partial charge on any atom is -0.482 e. The zero-order valence-electron chi connectivity index (χ0n) is 8.81. The first-order chi connectivity index (χ1) is 7.58. The summed E-state index contributed by atoms with van der Waals surface area (Å²) < 4.78 is 6.18. The molecule has 0 spiro atoms. The Morgan fingerprint density at radius 2 is 2.38 bits per heavy atom. The first-order valence-corrected chi connectivity index (χ1v) is 5.78. The SMILES string of the molecule is CC(O)CN1C(=O)COc2ccc(Br)cc21. The Balaban J connectivity index is 2.38. The van der Waals surface area contributed by atoms with Crippen LogP contribution >= 0.6 is 15.9 Å². The quantitative estimate of drug-likeness (QED) is 0.897. The van der Waals surface area contributed by atoms with Crippen LogP contribution in [0.5, 0.6) is 5.75 Å². The van der Waals surface area contributed by atoms with Gasteiger partial charge < -0.3 is 14.7 Å². The third-order valence-electron chi connectivity index (χ3n) is 2.31. The van der Waals surface area contributed by atoms with Crippen LogP contribution in [0.1, 0.15) is 6.92 Å². The van der Waals surface area contributed by atoms with Crippen LogP contribution < -0.4 is 9.64 Å². The van der Waals surface area contributed by atoms with Crippen molar-refractivity contribution in [2.75, 3.05) is 18.1 Å². The van der Waals surface area contributed by atoms with E-state index in [9.17, 15) is 9.90 Å². The number of aliphatic hydroxyl groups excluding tert-OH is 1. The Hall–Kier alpha value is -1.07. The maximum Gasteiger partial charge on any atom is 0.265 e. The van der Waals surface area contributed by atoms with E-state index in [1.165, 1.54) is 0 Å². The smallest absolute Gasteiger partial charge is 0.265 e. The molecule has 2 rings (SSSR count). The molecule has 1 N–H and O–H groups in total. The van der Waals surface area contributed by atoms with Crippen LogP contribution in [0.2, 0.25) is 0 Å². The van der Waals surface area contributed by atoms with Crippen LogP contribution in [0.3, 0.4) is 0 Å². The number of aliphatic hydroxyl groups is 1. The Bertz CT molecular complexity index is 420. The van der Waals surface area contributed by atoms with Gasteiger partial charge in [-0.25, -0.2) is 0 Å². The van der Waals surface area contributed by atoms with E-state index < -0.39 is 6.10 Å². The van der Waals surface area contributed by atoms with E-state index in [1.807, 2.05) is 12.1 Å². The minimum absolute atomic E-state index is 0.0291. The number of hydrogen-bond donors (Lipinski definition) is 1. The molecule has 1 heterocycles. The van der Waals surface area contributed by atoms with Gasteiger partial charge in [-0.05, 0) is 25.1 Å². The summed E-state index contributed by atoms with van der Waals surface area (Å²) in [5.74, 6) is 0.537. The summed E-state index contributed by atoms with van der Waals surface area (Å²) in [5, 5.41) is 9.37. The van der Waals surface area contributed by atoms with Crippen molar-refractivity contribution in [3.8, 4) is 5.75 Å². The van der Waals surface area contributed by atoms with Crippen molar-refractivity contribution in [1.29, 1.82) is 0 Å². The molecular formula is C11H12BrNO3. The van der Waals surface area contributed by atoms with Gasteiger partial charge in [-0.15, -0.1) is 0 Å². The highest BCUT2D eigenvalue weighted by molar-refractivity contribution is 9.10. The topological polar surface area (TPSA) is 49.8 Å². The number of hydrogen-bond acceptors (Lipinski definition) is 3. The number of amides is 1. The van der Waals surface area contributed by atoms with E-state index in [4.69, 9.17) is 4.74 Å². The number of rotatable bonds is 2. The van der Waals surface area contributed by atoms with E-state index in [-0.39, 0.29) is 19.1 Å². The molecule has 1 aliphatic rings. The van der Waals surface area contributed by atoms with Gasteiger partial charge in [0.15, 0.2) is 6.61 Å². The van der Waals surface area contributed by atoms with Crippen LogP contribution in [-0.2, 0) is 4.79 Å². The number of halogens is 1. The molecule has 0 saturated carbocycles. The number of fused-ring (bicyclic) bond motifs is 1. The van der Waals surface area contributed by atoms with Crippen molar-refractivity contribution in [1.82, 2.24) is 0 Å².